The van der Waals surface area contributed by atoms with Crippen LogP contribution < -0.4 is 10.3 Å². The monoisotopic (exact) mass is 435 g/mol. The number of ether oxygens (including phenoxy) is 1. The zero-order chi connectivity index (χ0) is 21.2. The summed E-state index contributed by atoms with van der Waals surface area (Å²) in [7, 11) is -3.60. The van der Waals surface area contributed by atoms with E-state index in [1.165, 1.54) is 30.3 Å². The van der Waals surface area contributed by atoms with Gasteiger partial charge < -0.3 is 9.15 Å². The smallest absolute Gasteiger partial charge is 0.338 e. The van der Waals surface area contributed by atoms with Crippen molar-refractivity contribution in [3.8, 4) is 0 Å². The second-order valence-corrected chi connectivity index (χ2v) is 8.46. The lowest BCUT2D eigenvalue weighted by molar-refractivity contribution is 0.0473. The summed E-state index contributed by atoms with van der Waals surface area (Å²) in [6.45, 7) is 3.55. The number of nitrogens with one attached hydrogen (secondary N) is 1. The molecule has 1 heterocycles. The topological polar surface area (TPSA) is 103 Å². The molecule has 0 bridgehead atoms. The Morgan fingerprint density at radius 3 is 2.52 bits per heavy atom. The van der Waals surface area contributed by atoms with Gasteiger partial charge in [-0.15, -0.1) is 0 Å². The first-order chi connectivity index (χ1) is 13.7. The molecule has 0 spiro atoms. The molecule has 0 atom stereocenters. The van der Waals surface area contributed by atoms with E-state index in [1.54, 1.807) is 26.0 Å². The Labute approximate surface area is 172 Å². The number of esters is 1. The van der Waals surface area contributed by atoms with Gasteiger partial charge in [0.05, 0.1) is 10.5 Å². The third-order valence-corrected chi connectivity index (χ3v) is 6.17. The normalized spacial score (nSPS) is 11.6. The van der Waals surface area contributed by atoms with E-state index in [-0.39, 0.29) is 23.6 Å². The number of benzene rings is 2. The number of hydrogen-bond donors (Lipinski definition) is 1. The van der Waals surface area contributed by atoms with Crippen molar-refractivity contribution in [2.75, 3.05) is 6.54 Å². The van der Waals surface area contributed by atoms with E-state index in [1.807, 2.05) is 0 Å². The third-order valence-electron chi connectivity index (χ3n) is 4.20. The van der Waals surface area contributed by atoms with E-state index < -0.39 is 21.6 Å². The van der Waals surface area contributed by atoms with E-state index in [2.05, 4.69) is 4.72 Å². The standard InChI is InChI=1S/C20H18ClNO6S/c1-3-22-29(25,26)15-6-4-13(5-7-15)20(24)27-11-14-9-19(23)28-18-8-12(2)17(21)10-16(14)18/h4-10,22H,3,11H2,1-2H3. The average molecular weight is 436 g/mol. The Kier molecular flexibility index (Phi) is 6.07. The number of fused-ring (bicyclic) bond motifs is 1. The molecule has 7 nitrogen and oxygen atoms in total. The molecule has 152 valence electrons. The van der Waals surface area contributed by atoms with Crippen molar-refractivity contribution in [2.24, 2.45) is 0 Å². The Morgan fingerprint density at radius 2 is 1.86 bits per heavy atom. The molecule has 3 aromatic rings. The van der Waals surface area contributed by atoms with Gasteiger partial charge in [0.25, 0.3) is 0 Å². The van der Waals surface area contributed by atoms with E-state index in [0.29, 0.717) is 21.6 Å². The molecule has 0 fully saturated rings. The van der Waals surface area contributed by atoms with Gasteiger partial charge in [-0.25, -0.2) is 22.7 Å². The van der Waals surface area contributed by atoms with Crippen LogP contribution in [0.15, 0.2) is 56.6 Å². The molecule has 2 aromatic carbocycles. The summed E-state index contributed by atoms with van der Waals surface area (Å²) in [5, 5.41) is 1.07. The quantitative estimate of drug-likeness (QED) is 0.470. The Bertz CT molecular complexity index is 1230. The zero-order valence-corrected chi connectivity index (χ0v) is 17.3. The molecule has 1 aromatic heterocycles. The summed E-state index contributed by atoms with van der Waals surface area (Å²) in [6.07, 6.45) is 0. The number of aryl methyl sites for hydroxylation is 1. The maximum atomic E-state index is 12.3. The van der Waals surface area contributed by atoms with Crippen molar-refractivity contribution < 1.29 is 22.4 Å². The van der Waals surface area contributed by atoms with Crippen LogP contribution in [0.25, 0.3) is 11.0 Å². The predicted molar refractivity (Wildman–Crippen MR) is 109 cm³/mol. The molecular weight excluding hydrogens is 418 g/mol. The van der Waals surface area contributed by atoms with Crippen LogP contribution in [0.2, 0.25) is 5.02 Å². The molecule has 0 amide bonds. The molecule has 1 N–H and O–H groups in total. The Balaban J connectivity index is 1.81. The number of carbonyl (C=O) groups is 1. The number of halogens is 1. The highest BCUT2D eigenvalue weighted by molar-refractivity contribution is 7.89. The Hall–Kier alpha value is -2.68. The summed E-state index contributed by atoms with van der Waals surface area (Å²) >= 11 is 6.15. The van der Waals surface area contributed by atoms with Crippen molar-refractivity contribution >= 4 is 38.6 Å². The van der Waals surface area contributed by atoms with Crippen LogP contribution in [-0.4, -0.2) is 20.9 Å². The predicted octanol–water partition coefficient (Wildman–Crippen LogP) is 3.41. The first-order valence-electron chi connectivity index (χ1n) is 8.71. The second-order valence-electron chi connectivity index (χ2n) is 6.29. The van der Waals surface area contributed by atoms with Gasteiger partial charge in [0.15, 0.2) is 0 Å². The van der Waals surface area contributed by atoms with Crippen LogP contribution in [0.5, 0.6) is 0 Å². The highest BCUT2D eigenvalue weighted by Crippen LogP contribution is 2.25. The molecule has 0 aliphatic rings. The first-order valence-corrected chi connectivity index (χ1v) is 10.6. The van der Waals surface area contributed by atoms with Gasteiger partial charge in [0.1, 0.15) is 12.2 Å². The molecule has 0 saturated carbocycles. The van der Waals surface area contributed by atoms with Crippen LogP contribution in [0, 0.1) is 6.92 Å². The van der Waals surface area contributed by atoms with Gasteiger partial charge in [0, 0.05) is 28.6 Å². The van der Waals surface area contributed by atoms with Gasteiger partial charge >= 0.3 is 11.6 Å². The van der Waals surface area contributed by atoms with Crippen LogP contribution in [0.4, 0.5) is 0 Å². The molecule has 29 heavy (non-hydrogen) atoms. The summed E-state index contributed by atoms with van der Waals surface area (Å²) < 4.78 is 36.8. The largest absolute Gasteiger partial charge is 0.457 e. The molecule has 0 aliphatic heterocycles. The van der Waals surface area contributed by atoms with E-state index >= 15 is 0 Å². The summed E-state index contributed by atoms with van der Waals surface area (Å²) in [5.41, 5.74) is 1.18. The van der Waals surface area contributed by atoms with Crippen molar-refractivity contribution in [3.05, 3.63) is 74.6 Å². The highest BCUT2D eigenvalue weighted by atomic mass is 35.5. The molecule has 3 rings (SSSR count). The van der Waals surface area contributed by atoms with Crippen LogP contribution in [0.3, 0.4) is 0 Å². The molecule has 0 aliphatic carbocycles. The number of rotatable bonds is 6. The summed E-state index contributed by atoms with van der Waals surface area (Å²) in [6, 6.07) is 9.92. The lowest BCUT2D eigenvalue weighted by atomic mass is 10.1. The van der Waals surface area contributed by atoms with Crippen molar-refractivity contribution in [1.29, 1.82) is 0 Å². The second kappa shape index (κ2) is 8.36. The number of sulfonamides is 1. The maximum absolute atomic E-state index is 12.3. The summed E-state index contributed by atoms with van der Waals surface area (Å²) in [5.74, 6) is -0.656. The fourth-order valence-electron chi connectivity index (χ4n) is 2.74. The minimum absolute atomic E-state index is 0.0487. The minimum Gasteiger partial charge on any atom is -0.457 e. The average Bonchev–Trinajstić information content (AvgIpc) is 2.67. The van der Waals surface area contributed by atoms with Crippen molar-refractivity contribution in [1.82, 2.24) is 4.72 Å². The lowest BCUT2D eigenvalue weighted by Crippen LogP contribution is -2.23. The molecule has 0 radical (unpaired) electrons. The van der Waals surface area contributed by atoms with Crippen molar-refractivity contribution in [2.45, 2.75) is 25.3 Å². The van der Waals surface area contributed by atoms with E-state index in [0.717, 1.165) is 5.56 Å². The lowest BCUT2D eigenvalue weighted by Gasteiger charge is -2.09. The van der Waals surface area contributed by atoms with Gasteiger partial charge in [-0.05, 0) is 48.9 Å². The first kappa shape index (κ1) is 21.0. The van der Waals surface area contributed by atoms with Crippen LogP contribution in [-0.2, 0) is 21.4 Å². The zero-order valence-electron chi connectivity index (χ0n) is 15.7. The SMILES string of the molecule is CCNS(=O)(=O)c1ccc(C(=O)OCc2cc(=O)oc3cc(C)c(Cl)cc23)cc1. The van der Waals surface area contributed by atoms with Gasteiger partial charge in [-0.3, -0.25) is 0 Å². The van der Waals surface area contributed by atoms with Gasteiger partial charge in [-0.2, -0.15) is 0 Å². The Morgan fingerprint density at radius 1 is 1.17 bits per heavy atom. The molecular formula is C20H18ClNO6S. The van der Waals surface area contributed by atoms with Crippen LogP contribution in [0.1, 0.15) is 28.4 Å². The van der Waals surface area contributed by atoms with Crippen molar-refractivity contribution in [3.63, 3.8) is 0 Å². The maximum Gasteiger partial charge on any atom is 0.338 e. The summed E-state index contributed by atoms with van der Waals surface area (Å²) in [4.78, 5) is 24.2. The third kappa shape index (κ3) is 4.67. The van der Waals surface area contributed by atoms with Gasteiger partial charge in [-0.1, -0.05) is 18.5 Å². The van der Waals surface area contributed by atoms with E-state index in [4.69, 9.17) is 20.8 Å². The number of hydrogen-bond acceptors (Lipinski definition) is 6. The molecule has 0 saturated heterocycles. The minimum atomic E-state index is -3.60. The number of carbonyl (C=O) groups excluding carboxylic acids is 1. The fraction of sp³-hybridized carbons (Fsp3) is 0.200. The molecule has 9 heteroatoms. The fourth-order valence-corrected chi connectivity index (χ4v) is 3.94. The van der Waals surface area contributed by atoms with E-state index in [9.17, 15) is 18.0 Å². The molecule has 0 unspecified atom stereocenters. The highest BCUT2D eigenvalue weighted by Gasteiger charge is 2.15. The van der Waals surface area contributed by atoms with Crippen LogP contribution >= 0.6 is 11.6 Å². The van der Waals surface area contributed by atoms with Gasteiger partial charge in [0.2, 0.25) is 10.0 Å².